The van der Waals surface area contributed by atoms with Crippen molar-refractivity contribution in [1.82, 2.24) is 15.0 Å². The lowest BCUT2D eigenvalue weighted by atomic mass is 10.3. The van der Waals surface area contributed by atoms with Crippen molar-refractivity contribution >= 4 is 48.7 Å². The van der Waals surface area contributed by atoms with Gasteiger partial charge in [0.2, 0.25) is 10.0 Å². The van der Waals surface area contributed by atoms with E-state index in [1.165, 1.54) is 11.3 Å². The number of primary sulfonamides is 1. The van der Waals surface area contributed by atoms with Crippen LogP contribution in [0.15, 0.2) is 51.5 Å². The predicted molar refractivity (Wildman–Crippen MR) is 104 cm³/mol. The minimum atomic E-state index is -3.74. The van der Waals surface area contributed by atoms with Crippen LogP contribution in [-0.2, 0) is 16.6 Å². The average Bonchev–Trinajstić information content (AvgIpc) is 3.29. The van der Waals surface area contributed by atoms with Crippen molar-refractivity contribution in [2.45, 2.75) is 10.8 Å². The zero-order chi connectivity index (χ0) is 18.1. The van der Waals surface area contributed by atoms with Crippen molar-refractivity contribution in [3.8, 4) is 11.5 Å². The van der Waals surface area contributed by atoms with E-state index in [4.69, 9.17) is 5.14 Å². The summed E-state index contributed by atoms with van der Waals surface area (Å²) >= 11 is 2.61. The summed E-state index contributed by atoms with van der Waals surface area (Å²) in [5, 5.41) is 13.0. The summed E-state index contributed by atoms with van der Waals surface area (Å²) < 4.78 is 23.5. The molecule has 3 N–H and O–H groups in total. The van der Waals surface area contributed by atoms with Gasteiger partial charge >= 0.3 is 0 Å². The highest BCUT2D eigenvalue weighted by atomic mass is 32.2. The number of anilines is 1. The Kier molecular flexibility index (Phi) is 4.41. The van der Waals surface area contributed by atoms with Crippen LogP contribution >= 0.6 is 22.7 Å². The van der Waals surface area contributed by atoms with Gasteiger partial charge in [-0.15, -0.1) is 22.7 Å². The number of nitrogens with zero attached hydrogens (tertiary/aromatic N) is 3. The molecular formula is C16H13N5O2S3. The van der Waals surface area contributed by atoms with Gasteiger partial charge in [-0.25, -0.2) is 23.5 Å². The van der Waals surface area contributed by atoms with Crippen LogP contribution in [0.4, 0.5) is 5.82 Å². The number of nitrogens with one attached hydrogen (secondary N) is 1. The molecule has 0 saturated heterocycles. The molecule has 7 nitrogen and oxygen atoms in total. The molecule has 0 amide bonds. The van der Waals surface area contributed by atoms with Crippen LogP contribution in [0.1, 0.15) is 5.56 Å². The maximum atomic E-state index is 11.7. The molecule has 26 heavy (non-hydrogen) atoms. The Hall–Kier alpha value is -2.40. The Morgan fingerprint density at radius 3 is 2.69 bits per heavy atom. The molecule has 4 rings (SSSR count). The van der Waals surface area contributed by atoms with Crippen LogP contribution in [0.25, 0.3) is 21.7 Å². The molecule has 0 spiro atoms. The SMILES string of the molecule is NS(=O)(=O)c1sccc1CNc1nc(-c2ccccn2)nc2sccc12. The molecule has 0 saturated carbocycles. The zero-order valence-electron chi connectivity index (χ0n) is 13.3. The van der Waals surface area contributed by atoms with E-state index in [0.29, 0.717) is 29.4 Å². The van der Waals surface area contributed by atoms with Gasteiger partial charge in [0.1, 0.15) is 20.6 Å². The van der Waals surface area contributed by atoms with E-state index in [2.05, 4.69) is 20.3 Å². The fraction of sp³-hybridized carbons (Fsp3) is 0.0625. The zero-order valence-corrected chi connectivity index (χ0v) is 15.7. The predicted octanol–water partition coefficient (Wildman–Crippen LogP) is 3.07. The number of nitrogens with two attached hydrogens (primary N) is 1. The summed E-state index contributed by atoms with van der Waals surface area (Å²) in [5.74, 6) is 1.14. The molecule has 132 valence electrons. The van der Waals surface area contributed by atoms with Crippen molar-refractivity contribution in [3.63, 3.8) is 0 Å². The fourth-order valence-electron chi connectivity index (χ4n) is 2.48. The Labute approximate surface area is 157 Å². The summed E-state index contributed by atoms with van der Waals surface area (Å²) in [6.45, 7) is 0.291. The molecule has 10 heteroatoms. The Morgan fingerprint density at radius 1 is 1.08 bits per heavy atom. The summed E-state index contributed by atoms with van der Waals surface area (Å²) in [6.07, 6.45) is 1.69. The van der Waals surface area contributed by atoms with Crippen LogP contribution in [0, 0.1) is 0 Å². The lowest BCUT2D eigenvalue weighted by Crippen LogP contribution is -2.14. The van der Waals surface area contributed by atoms with E-state index in [1.807, 2.05) is 29.6 Å². The standard InChI is InChI=1S/C16H13N5O2S3/c17-26(22,23)16-10(4-7-25-16)9-19-13-11-5-8-24-15(11)21-14(20-13)12-3-1-2-6-18-12/h1-8H,9H2,(H2,17,22,23)(H,19,20,21). The number of fused-ring (bicyclic) bond motifs is 1. The number of hydrogen-bond donors (Lipinski definition) is 2. The van der Waals surface area contributed by atoms with Crippen LogP contribution in [-0.4, -0.2) is 23.4 Å². The Bertz CT molecular complexity index is 1170. The molecule has 0 aliphatic rings. The Balaban J connectivity index is 1.71. The smallest absolute Gasteiger partial charge is 0.247 e. The normalized spacial score (nSPS) is 11.7. The molecule has 0 aliphatic heterocycles. The largest absolute Gasteiger partial charge is 0.365 e. The molecule has 0 atom stereocenters. The van der Waals surface area contributed by atoms with E-state index in [9.17, 15) is 8.42 Å². The molecule has 0 aliphatic carbocycles. The van der Waals surface area contributed by atoms with E-state index in [1.54, 1.807) is 17.6 Å². The number of aromatic nitrogens is 3. The monoisotopic (exact) mass is 403 g/mol. The first kappa shape index (κ1) is 17.0. The minimum absolute atomic E-state index is 0.158. The average molecular weight is 404 g/mol. The van der Waals surface area contributed by atoms with Crippen molar-refractivity contribution in [1.29, 1.82) is 0 Å². The summed E-state index contributed by atoms with van der Waals surface area (Å²) in [7, 11) is -3.74. The highest BCUT2D eigenvalue weighted by Gasteiger charge is 2.17. The molecule has 0 radical (unpaired) electrons. The lowest BCUT2D eigenvalue weighted by Gasteiger charge is -2.09. The van der Waals surface area contributed by atoms with Crippen LogP contribution in [0.5, 0.6) is 0 Å². The molecule has 0 bridgehead atoms. The van der Waals surface area contributed by atoms with Crippen LogP contribution < -0.4 is 10.5 Å². The first-order valence-electron chi connectivity index (χ1n) is 7.52. The van der Waals surface area contributed by atoms with Gasteiger partial charge in [-0.2, -0.15) is 0 Å². The maximum Gasteiger partial charge on any atom is 0.247 e. The topological polar surface area (TPSA) is 111 Å². The van der Waals surface area contributed by atoms with Crippen molar-refractivity contribution in [2.75, 3.05) is 5.32 Å². The summed E-state index contributed by atoms with van der Waals surface area (Å²) in [5.41, 5.74) is 1.28. The van der Waals surface area contributed by atoms with Gasteiger partial charge in [-0.3, -0.25) is 4.98 Å². The molecular weight excluding hydrogens is 390 g/mol. The first-order chi connectivity index (χ1) is 12.5. The quantitative estimate of drug-likeness (QED) is 0.530. The van der Waals surface area contributed by atoms with Gasteiger partial charge in [0.05, 0.1) is 5.39 Å². The molecule has 0 unspecified atom stereocenters. The Morgan fingerprint density at radius 2 is 1.92 bits per heavy atom. The van der Waals surface area contributed by atoms with E-state index in [0.717, 1.165) is 21.6 Å². The van der Waals surface area contributed by atoms with Gasteiger partial charge in [0.15, 0.2) is 5.82 Å². The van der Waals surface area contributed by atoms with Gasteiger partial charge in [0.25, 0.3) is 0 Å². The van der Waals surface area contributed by atoms with Crippen LogP contribution in [0.2, 0.25) is 0 Å². The van der Waals surface area contributed by atoms with Crippen molar-refractivity contribution < 1.29 is 8.42 Å². The van der Waals surface area contributed by atoms with E-state index < -0.39 is 10.0 Å². The van der Waals surface area contributed by atoms with Crippen LogP contribution in [0.3, 0.4) is 0 Å². The number of pyridine rings is 1. The molecule has 4 aromatic rings. The third kappa shape index (κ3) is 3.31. The maximum absolute atomic E-state index is 11.7. The van der Waals surface area contributed by atoms with Gasteiger partial charge in [-0.05, 0) is 35.0 Å². The minimum Gasteiger partial charge on any atom is -0.365 e. The highest BCUT2D eigenvalue weighted by Crippen LogP contribution is 2.29. The highest BCUT2D eigenvalue weighted by molar-refractivity contribution is 7.91. The third-order valence-corrected chi connectivity index (χ3v) is 6.95. The second-order valence-electron chi connectivity index (χ2n) is 5.38. The molecule has 0 aromatic carbocycles. The van der Waals surface area contributed by atoms with E-state index in [-0.39, 0.29) is 4.21 Å². The van der Waals surface area contributed by atoms with Gasteiger partial charge in [0, 0.05) is 18.3 Å². The number of hydrogen-bond acceptors (Lipinski definition) is 8. The second-order valence-corrected chi connectivity index (χ2v) is 8.95. The summed E-state index contributed by atoms with van der Waals surface area (Å²) in [6, 6.07) is 9.22. The molecule has 4 heterocycles. The van der Waals surface area contributed by atoms with Crippen molar-refractivity contribution in [3.05, 3.63) is 52.9 Å². The lowest BCUT2D eigenvalue weighted by molar-refractivity contribution is 0.599. The van der Waals surface area contributed by atoms with E-state index >= 15 is 0 Å². The number of sulfonamides is 1. The third-order valence-electron chi connectivity index (χ3n) is 3.63. The first-order valence-corrected chi connectivity index (χ1v) is 10.8. The summed E-state index contributed by atoms with van der Waals surface area (Å²) in [4.78, 5) is 14.3. The number of rotatable bonds is 5. The fourth-order valence-corrected chi connectivity index (χ4v) is 5.10. The van der Waals surface area contributed by atoms with Gasteiger partial charge in [-0.1, -0.05) is 6.07 Å². The van der Waals surface area contributed by atoms with Gasteiger partial charge < -0.3 is 5.32 Å². The van der Waals surface area contributed by atoms with Crippen molar-refractivity contribution in [2.24, 2.45) is 5.14 Å². The molecule has 4 aromatic heterocycles. The second kappa shape index (κ2) is 6.72. The number of thiophene rings is 2. The molecule has 0 fully saturated rings.